The van der Waals surface area contributed by atoms with Gasteiger partial charge in [0.1, 0.15) is 6.33 Å². The van der Waals surface area contributed by atoms with E-state index in [0.29, 0.717) is 0 Å². The van der Waals surface area contributed by atoms with Crippen molar-refractivity contribution in [2.24, 2.45) is 0 Å². The third kappa shape index (κ3) is 6.66. The number of rotatable bonds is 10. The van der Waals surface area contributed by atoms with Crippen LogP contribution in [0.3, 0.4) is 0 Å². The Kier molecular flexibility index (Phi) is 8.05. The van der Waals surface area contributed by atoms with E-state index in [2.05, 4.69) is 35.1 Å². The summed E-state index contributed by atoms with van der Waals surface area (Å²) in [6.07, 6.45) is 13.4. The van der Waals surface area contributed by atoms with Gasteiger partial charge < -0.3 is 0 Å². The Labute approximate surface area is 110 Å². The molecule has 1 atom stereocenters. The first-order valence-electron chi connectivity index (χ1n) is 6.75. The van der Waals surface area contributed by atoms with Crippen LogP contribution >= 0.6 is 12.6 Å². The van der Waals surface area contributed by atoms with Crippen molar-refractivity contribution in [1.29, 1.82) is 0 Å². The van der Waals surface area contributed by atoms with Crippen LogP contribution in [-0.2, 0) is 0 Å². The van der Waals surface area contributed by atoms with Crippen molar-refractivity contribution in [2.75, 3.05) is 0 Å². The molecule has 0 N–H and O–H groups in total. The van der Waals surface area contributed by atoms with Crippen LogP contribution in [0.4, 0.5) is 0 Å². The van der Waals surface area contributed by atoms with Crippen molar-refractivity contribution in [1.82, 2.24) is 20.2 Å². The van der Waals surface area contributed by atoms with Gasteiger partial charge in [0.25, 0.3) is 0 Å². The zero-order valence-corrected chi connectivity index (χ0v) is 11.6. The zero-order valence-electron chi connectivity index (χ0n) is 10.8. The Balaban J connectivity index is 1.90. The van der Waals surface area contributed by atoms with E-state index >= 15 is 0 Å². The van der Waals surface area contributed by atoms with Crippen LogP contribution in [0.5, 0.6) is 0 Å². The van der Waals surface area contributed by atoms with E-state index in [-0.39, 0.29) is 5.37 Å². The predicted molar refractivity (Wildman–Crippen MR) is 73.1 cm³/mol. The fourth-order valence-corrected chi connectivity index (χ4v) is 2.19. The fraction of sp³-hybridized carbons (Fsp3) is 0.917. The van der Waals surface area contributed by atoms with E-state index in [1.807, 2.05) is 0 Å². The van der Waals surface area contributed by atoms with Gasteiger partial charge in [0.2, 0.25) is 0 Å². The summed E-state index contributed by atoms with van der Waals surface area (Å²) in [6, 6.07) is 0. The van der Waals surface area contributed by atoms with Gasteiger partial charge in [-0.05, 0) is 16.8 Å². The minimum Gasteiger partial charge on any atom is -0.220 e. The molecule has 0 aliphatic carbocycles. The minimum atomic E-state index is 0.130. The Hall–Kier alpha value is -0.580. The van der Waals surface area contributed by atoms with Gasteiger partial charge in [-0.25, -0.2) is 4.68 Å². The lowest BCUT2D eigenvalue weighted by Crippen LogP contribution is -2.03. The van der Waals surface area contributed by atoms with Gasteiger partial charge in [-0.3, -0.25) is 0 Å². The molecule has 4 nitrogen and oxygen atoms in total. The van der Waals surface area contributed by atoms with Gasteiger partial charge >= 0.3 is 0 Å². The second-order valence-electron chi connectivity index (χ2n) is 4.53. The molecule has 1 rings (SSSR count). The second kappa shape index (κ2) is 9.45. The van der Waals surface area contributed by atoms with Crippen LogP contribution < -0.4 is 0 Å². The smallest absolute Gasteiger partial charge is 0.139 e. The highest BCUT2D eigenvalue weighted by Crippen LogP contribution is 2.18. The van der Waals surface area contributed by atoms with Crippen LogP contribution in [0.2, 0.25) is 0 Å². The quantitative estimate of drug-likeness (QED) is 0.513. The molecule has 17 heavy (non-hydrogen) atoms. The monoisotopic (exact) mass is 256 g/mol. The third-order valence-electron chi connectivity index (χ3n) is 2.99. The molecule has 1 aromatic rings. The third-order valence-corrected chi connectivity index (χ3v) is 3.48. The van der Waals surface area contributed by atoms with Gasteiger partial charge in [0.05, 0.1) is 5.37 Å². The van der Waals surface area contributed by atoms with Crippen LogP contribution in [-0.4, -0.2) is 20.2 Å². The molecule has 5 heteroatoms. The summed E-state index contributed by atoms with van der Waals surface area (Å²) in [5, 5.41) is 11.2. The van der Waals surface area contributed by atoms with Crippen LogP contribution in [0.15, 0.2) is 6.33 Å². The van der Waals surface area contributed by atoms with Gasteiger partial charge in [-0.2, -0.15) is 12.6 Å². The number of hydrogen-bond acceptors (Lipinski definition) is 4. The molecule has 0 aliphatic heterocycles. The minimum absolute atomic E-state index is 0.130. The maximum absolute atomic E-state index is 4.48. The van der Waals surface area contributed by atoms with E-state index in [1.54, 1.807) is 11.0 Å². The SMILES string of the molecule is CCCCCCCCCCC(S)n1cnnn1. The average Bonchev–Trinajstić information content (AvgIpc) is 2.86. The highest BCUT2D eigenvalue weighted by molar-refractivity contribution is 7.80. The molecule has 0 bridgehead atoms. The number of aromatic nitrogens is 4. The Morgan fingerprint density at radius 2 is 1.71 bits per heavy atom. The Morgan fingerprint density at radius 1 is 1.06 bits per heavy atom. The number of tetrazole rings is 1. The summed E-state index contributed by atoms with van der Waals surface area (Å²) in [4.78, 5) is 0. The highest BCUT2D eigenvalue weighted by Gasteiger charge is 2.05. The van der Waals surface area contributed by atoms with Crippen LogP contribution in [0.1, 0.15) is 70.1 Å². The van der Waals surface area contributed by atoms with Crippen molar-refractivity contribution in [3.05, 3.63) is 6.33 Å². The van der Waals surface area contributed by atoms with Crippen molar-refractivity contribution < 1.29 is 0 Å². The van der Waals surface area contributed by atoms with Gasteiger partial charge in [-0.15, -0.1) is 5.10 Å². The summed E-state index contributed by atoms with van der Waals surface area (Å²) in [5.41, 5.74) is 0. The molecule has 98 valence electrons. The Bertz CT molecular complexity index is 263. The number of hydrogen-bond donors (Lipinski definition) is 1. The number of unbranched alkanes of at least 4 members (excludes halogenated alkanes) is 7. The maximum Gasteiger partial charge on any atom is 0.139 e. The summed E-state index contributed by atoms with van der Waals surface area (Å²) < 4.78 is 1.71. The van der Waals surface area contributed by atoms with Crippen molar-refractivity contribution in [3.8, 4) is 0 Å². The van der Waals surface area contributed by atoms with Gasteiger partial charge in [0, 0.05) is 0 Å². The molecule has 1 heterocycles. The molecule has 0 radical (unpaired) electrons. The molecular formula is C12H24N4S. The summed E-state index contributed by atoms with van der Waals surface area (Å²) >= 11 is 4.48. The molecule has 0 saturated carbocycles. The van der Waals surface area contributed by atoms with E-state index in [1.165, 1.54) is 51.4 Å². The second-order valence-corrected chi connectivity index (χ2v) is 5.13. The topological polar surface area (TPSA) is 43.6 Å². The lowest BCUT2D eigenvalue weighted by Gasteiger charge is -2.08. The number of thiol groups is 1. The molecular weight excluding hydrogens is 232 g/mol. The first-order chi connectivity index (χ1) is 8.34. The molecule has 0 aromatic carbocycles. The molecule has 1 aromatic heterocycles. The van der Waals surface area contributed by atoms with E-state index < -0.39 is 0 Å². The van der Waals surface area contributed by atoms with Crippen LogP contribution in [0.25, 0.3) is 0 Å². The first-order valence-corrected chi connectivity index (χ1v) is 7.26. The van der Waals surface area contributed by atoms with Crippen molar-refractivity contribution in [2.45, 2.75) is 70.1 Å². The van der Waals surface area contributed by atoms with Crippen molar-refractivity contribution >= 4 is 12.6 Å². The Morgan fingerprint density at radius 3 is 2.29 bits per heavy atom. The summed E-state index contributed by atoms with van der Waals surface area (Å²) in [5.74, 6) is 0. The lowest BCUT2D eigenvalue weighted by atomic mass is 10.1. The molecule has 1 unspecified atom stereocenters. The standard InChI is InChI=1S/C12H24N4S/c1-2-3-4-5-6-7-8-9-10-12(17)16-11-13-14-15-16/h11-12,17H,2-10H2,1H3. The molecule has 0 aliphatic rings. The normalized spacial score (nSPS) is 12.8. The number of nitrogens with zero attached hydrogens (tertiary/aromatic N) is 4. The molecule has 0 spiro atoms. The van der Waals surface area contributed by atoms with E-state index in [0.717, 1.165) is 6.42 Å². The van der Waals surface area contributed by atoms with E-state index in [9.17, 15) is 0 Å². The largest absolute Gasteiger partial charge is 0.220 e. The van der Waals surface area contributed by atoms with E-state index in [4.69, 9.17) is 0 Å². The fourth-order valence-electron chi connectivity index (χ4n) is 1.90. The predicted octanol–water partition coefficient (Wildman–Crippen LogP) is 3.63. The maximum atomic E-state index is 4.48. The van der Waals surface area contributed by atoms with Gasteiger partial charge in [0.15, 0.2) is 0 Å². The summed E-state index contributed by atoms with van der Waals surface area (Å²) in [6.45, 7) is 2.26. The first kappa shape index (κ1) is 14.5. The van der Waals surface area contributed by atoms with Gasteiger partial charge in [-0.1, -0.05) is 58.3 Å². The average molecular weight is 256 g/mol. The van der Waals surface area contributed by atoms with Crippen LogP contribution in [0, 0.1) is 0 Å². The van der Waals surface area contributed by atoms with Crippen molar-refractivity contribution in [3.63, 3.8) is 0 Å². The summed E-state index contributed by atoms with van der Waals surface area (Å²) in [7, 11) is 0. The molecule has 0 amide bonds. The molecule has 0 fully saturated rings. The molecule has 0 saturated heterocycles. The highest BCUT2D eigenvalue weighted by atomic mass is 32.1. The zero-order chi connectivity index (χ0) is 12.3. The lowest BCUT2D eigenvalue weighted by molar-refractivity contribution is 0.501.